The maximum Gasteiger partial charge on any atom is 0.499 e. The molecule has 0 aliphatic rings. The van der Waals surface area contributed by atoms with Crippen LogP contribution in [0.15, 0.2) is 18.2 Å². The van der Waals surface area contributed by atoms with Crippen LogP contribution in [-0.2, 0) is 17.1 Å². The van der Waals surface area contributed by atoms with Crippen molar-refractivity contribution in [3.8, 4) is 18.0 Å². The minimum absolute atomic E-state index is 0. The van der Waals surface area contributed by atoms with E-state index in [0.717, 1.165) is 0 Å². The van der Waals surface area contributed by atoms with Crippen molar-refractivity contribution in [1.82, 2.24) is 15.0 Å². The summed E-state index contributed by atoms with van der Waals surface area (Å²) in [5, 5.41) is 58.6. The molecule has 0 aromatic carbocycles. The van der Waals surface area contributed by atoms with Crippen LogP contribution in [0.5, 0.6) is 18.0 Å². The normalized spacial score (nSPS) is 9.48. The van der Waals surface area contributed by atoms with Gasteiger partial charge in [0.15, 0.2) is 17.1 Å². The van der Waals surface area contributed by atoms with Crippen LogP contribution < -0.4 is 14.2 Å². The van der Waals surface area contributed by atoms with Crippen molar-refractivity contribution < 1.29 is 46.6 Å². The van der Waals surface area contributed by atoms with Crippen LogP contribution in [-0.4, -0.2) is 30.3 Å². The first-order chi connectivity index (χ1) is 13.8. The summed E-state index contributed by atoms with van der Waals surface area (Å²) < 4.78 is 1.15. The molecule has 13 heteroatoms. The van der Waals surface area contributed by atoms with Crippen LogP contribution in [0.3, 0.4) is 0 Å². The molecular formula is C18H24FeN6O6. The van der Waals surface area contributed by atoms with E-state index < -0.39 is 18.0 Å². The van der Waals surface area contributed by atoms with Gasteiger partial charge in [-0.05, 0) is 35.7 Å². The third kappa shape index (κ3) is 8.07. The first kappa shape index (κ1) is 27.6. The van der Waals surface area contributed by atoms with E-state index in [9.17, 15) is 15.6 Å². The van der Waals surface area contributed by atoms with Gasteiger partial charge in [-0.25, -0.2) is 0 Å². The molecule has 3 aromatic heterocycles. The van der Waals surface area contributed by atoms with E-state index >= 15 is 0 Å². The minimum Gasteiger partial charge on any atom is -0.708 e. The van der Waals surface area contributed by atoms with E-state index in [0.29, 0.717) is 48.4 Å². The molecule has 0 spiro atoms. The summed E-state index contributed by atoms with van der Waals surface area (Å²) in [5.74, 6) is 0. The van der Waals surface area contributed by atoms with Gasteiger partial charge in [-0.3, -0.25) is 0 Å². The Labute approximate surface area is 189 Å². The quantitative estimate of drug-likeness (QED) is 0.231. The molecule has 0 radical (unpaired) electrons. The zero-order chi connectivity index (χ0) is 23.2. The molecule has 0 saturated heterocycles. The van der Waals surface area contributed by atoms with E-state index in [4.69, 9.17) is 15.3 Å². The topological polar surface area (TPSA) is 180 Å². The number of aromatic nitrogens is 6. The van der Waals surface area contributed by atoms with Gasteiger partial charge >= 0.3 is 18.0 Å². The Bertz CT molecular complexity index is 849. The Morgan fingerprint density at radius 2 is 0.742 bits per heavy atom. The Balaban J connectivity index is 0.000000429. The largest absolute Gasteiger partial charge is 0.708 e. The second kappa shape index (κ2) is 11.7. The van der Waals surface area contributed by atoms with Crippen molar-refractivity contribution in [2.45, 2.75) is 41.5 Å². The van der Waals surface area contributed by atoms with Gasteiger partial charge < -0.3 is 30.9 Å². The molecule has 170 valence electrons. The molecule has 0 fully saturated rings. The molecule has 0 bridgehead atoms. The monoisotopic (exact) mass is 476 g/mol. The van der Waals surface area contributed by atoms with E-state index in [1.165, 1.54) is 0 Å². The molecule has 0 atom stereocenters. The third-order valence-electron chi connectivity index (χ3n) is 3.59. The maximum atomic E-state index is 10.7. The van der Waals surface area contributed by atoms with Gasteiger partial charge in [0.25, 0.3) is 0 Å². The molecule has 0 saturated carbocycles. The Kier molecular flexibility index (Phi) is 10.4. The average molecular weight is 476 g/mol. The molecule has 0 aliphatic carbocycles. The average Bonchev–Trinajstić information content (AvgIpc) is 2.63. The zero-order valence-electron chi connectivity index (χ0n) is 17.8. The number of aromatic hydroxyl groups is 3. The van der Waals surface area contributed by atoms with E-state index in [-0.39, 0.29) is 17.1 Å². The number of aryl methyl sites for hydroxylation is 6. The SMILES string of the molecule is Cc1cc(C)[n+]([O-])c(O)n1.Cc1cc(C)[n+]([O-])c(O)n1.Cc1cc(C)[n+]([O-])c(O)n1.[Fe]. The van der Waals surface area contributed by atoms with Gasteiger partial charge in [-0.15, -0.1) is 0 Å². The summed E-state index contributed by atoms with van der Waals surface area (Å²) in [6.45, 7) is 9.98. The minimum atomic E-state index is -0.488. The van der Waals surface area contributed by atoms with Gasteiger partial charge in [0, 0.05) is 56.0 Å². The van der Waals surface area contributed by atoms with E-state index in [1.54, 1.807) is 59.7 Å². The summed E-state index contributed by atoms with van der Waals surface area (Å²) in [5.41, 5.74) is 3.27. The van der Waals surface area contributed by atoms with Gasteiger partial charge in [-0.1, -0.05) is 0 Å². The summed E-state index contributed by atoms with van der Waals surface area (Å²) in [4.78, 5) is 10.6. The summed E-state index contributed by atoms with van der Waals surface area (Å²) >= 11 is 0. The van der Waals surface area contributed by atoms with Gasteiger partial charge in [-0.2, -0.15) is 14.2 Å². The maximum absolute atomic E-state index is 10.7. The number of rotatable bonds is 0. The van der Waals surface area contributed by atoms with Crippen molar-refractivity contribution in [2.75, 3.05) is 0 Å². The van der Waals surface area contributed by atoms with Crippen LogP contribution >= 0.6 is 0 Å². The second-order valence-corrected chi connectivity index (χ2v) is 6.40. The molecule has 3 rings (SSSR count). The van der Waals surface area contributed by atoms with Crippen LogP contribution in [0, 0.1) is 57.2 Å². The smallest absolute Gasteiger partial charge is 0.499 e. The molecule has 31 heavy (non-hydrogen) atoms. The summed E-state index contributed by atoms with van der Waals surface area (Å²) in [6, 6.07) is 3.35. The van der Waals surface area contributed by atoms with Crippen molar-refractivity contribution in [2.24, 2.45) is 0 Å². The Morgan fingerprint density at radius 1 is 0.548 bits per heavy atom. The fraction of sp³-hybridized carbons (Fsp3) is 0.333. The van der Waals surface area contributed by atoms with Crippen molar-refractivity contribution >= 4 is 0 Å². The molecule has 0 unspecified atom stereocenters. The first-order valence-corrected chi connectivity index (χ1v) is 8.63. The van der Waals surface area contributed by atoms with Gasteiger partial charge in [0.2, 0.25) is 0 Å². The molecular weight excluding hydrogens is 452 g/mol. The summed E-state index contributed by atoms with van der Waals surface area (Å²) in [7, 11) is 0. The molecule has 3 N–H and O–H groups in total. The van der Waals surface area contributed by atoms with Crippen molar-refractivity contribution in [3.63, 3.8) is 0 Å². The number of hydrogen-bond acceptors (Lipinski definition) is 9. The molecule has 12 nitrogen and oxygen atoms in total. The first-order valence-electron chi connectivity index (χ1n) is 8.63. The fourth-order valence-corrected chi connectivity index (χ4v) is 2.26. The van der Waals surface area contributed by atoms with E-state index in [2.05, 4.69) is 15.0 Å². The standard InChI is InChI=1S/3C6H8N2O2.Fe/c3*1-4-3-5(2)8(10)6(9)7-4;/h3*3H,1-2H3,(H,7,9);. The van der Waals surface area contributed by atoms with Gasteiger partial charge in [0.1, 0.15) is 17.1 Å². The van der Waals surface area contributed by atoms with Crippen LogP contribution in [0.1, 0.15) is 34.2 Å². The molecule has 0 aliphatic heterocycles. The molecule has 3 aromatic rings. The zero-order valence-corrected chi connectivity index (χ0v) is 18.9. The number of hydrogen-bond donors (Lipinski definition) is 3. The van der Waals surface area contributed by atoms with Crippen molar-refractivity contribution in [3.05, 3.63) is 68.0 Å². The third-order valence-corrected chi connectivity index (χ3v) is 3.59. The second-order valence-electron chi connectivity index (χ2n) is 6.40. The predicted octanol–water partition coefficient (Wildman–Crippen LogP) is 0.110. The fourth-order valence-electron chi connectivity index (χ4n) is 2.26. The van der Waals surface area contributed by atoms with Crippen LogP contribution in [0.2, 0.25) is 0 Å². The summed E-state index contributed by atoms with van der Waals surface area (Å²) in [6.07, 6.45) is 0. The van der Waals surface area contributed by atoms with E-state index in [1.807, 2.05) is 0 Å². The molecule has 3 heterocycles. The van der Waals surface area contributed by atoms with Crippen molar-refractivity contribution in [1.29, 1.82) is 0 Å². The van der Waals surface area contributed by atoms with Crippen LogP contribution in [0.25, 0.3) is 0 Å². The van der Waals surface area contributed by atoms with Crippen LogP contribution in [0.4, 0.5) is 0 Å². The predicted molar refractivity (Wildman–Crippen MR) is 103 cm³/mol. The van der Waals surface area contributed by atoms with Gasteiger partial charge in [0.05, 0.1) is 0 Å². The Morgan fingerprint density at radius 3 is 0.903 bits per heavy atom. The Hall–Kier alpha value is -3.44. The molecule has 0 amide bonds. The number of nitrogens with zero attached hydrogens (tertiary/aromatic N) is 6.